The Morgan fingerprint density at radius 1 is 0.944 bits per heavy atom. The van der Waals surface area contributed by atoms with E-state index in [2.05, 4.69) is 0 Å². The second kappa shape index (κ2) is 7.22. The van der Waals surface area contributed by atoms with Gasteiger partial charge in [-0.2, -0.15) is 0 Å². The average Bonchev–Trinajstić information content (AvgIpc) is 2.27. The van der Waals surface area contributed by atoms with Gasteiger partial charge in [-0.1, -0.05) is 22.4 Å². The highest BCUT2D eigenvalue weighted by atomic mass is 32.2. The van der Waals surface area contributed by atoms with Crippen molar-refractivity contribution in [3.8, 4) is 0 Å². The lowest BCUT2D eigenvalue weighted by atomic mass is 10.2. The molecule has 0 spiro atoms. The standard InChI is InChI=1S/C10H16O6S2/c1-17(13)5-3-7-9(11)16-8(10(12)15-7)4-6-18(2)14/h7-8H,3-6H2,1-2H3/t7-,8+,17?,18?. The molecule has 18 heavy (non-hydrogen) atoms. The van der Waals surface area contributed by atoms with Gasteiger partial charge in [-0.05, 0) is 0 Å². The second-order valence-electron chi connectivity index (χ2n) is 3.98. The van der Waals surface area contributed by atoms with Crippen LogP contribution in [0.15, 0.2) is 0 Å². The zero-order valence-corrected chi connectivity index (χ0v) is 11.9. The summed E-state index contributed by atoms with van der Waals surface area (Å²) in [6, 6.07) is 0. The first-order valence-corrected chi connectivity index (χ1v) is 8.86. The molecule has 1 saturated heterocycles. The quantitative estimate of drug-likeness (QED) is 0.477. The monoisotopic (exact) mass is 296 g/mol. The predicted octanol–water partition coefficient (Wildman–Crippen LogP) is -0.639. The van der Waals surface area contributed by atoms with E-state index in [4.69, 9.17) is 9.47 Å². The van der Waals surface area contributed by atoms with Crippen LogP contribution in [0.1, 0.15) is 12.8 Å². The van der Waals surface area contributed by atoms with E-state index in [1.54, 1.807) is 0 Å². The molecule has 1 rings (SSSR count). The van der Waals surface area contributed by atoms with Gasteiger partial charge in [0.1, 0.15) is 11.5 Å². The molecule has 0 aliphatic carbocycles. The molecular formula is C10H16O6S2. The van der Waals surface area contributed by atoms with Gasteiger partial charge in [-0.25, -0.2) is 9.59 Å². The maximum Gasteiger partial charge on any atom is 0.348 e. The van der Waals surface area contributed by atoms with Crippen molar-refractivity contribution in [2.24, 2.45) is 0 Å². The van der Waals surface area contributed by atoms with E-state index in [-0.39, 0.29) is 24.3 Å². The van der Waals surface area contributed by atoms with E-state index in [1.807, 2.05) is 0 Å². The molecule has 1 aliphatic rings. The van der Waals surface area contributed by atoms with Gasteiger partial charge in [-0.15, -0.1) is 0 Å². The Balaban J connectivity index is 2.44. The number of carbonyl (C=O) groups excluding carboxylic acids is 2. The van der Waals surface area contributed by atoms with Gasteiger partial charge in [0.15, 0.2) is 0 Å². The molecule has 0 aromatic heterocycles. The normalized spacial score (nSPS) is 27.3. The Kier molecular flexibility index (Phi) is 6.27. The fourth-order valence-corrected chi connectivity index (χ4v) is 2.52. The summed E-state index contributed by atoms with van der Waals surface area (Å²) in [5.74, 6) is -0.688. The van der Waals surface area contributed by atoms with Crippen LogP contribution in [0.3, 0.4) is 0 Å². The summed E-state index contributed by atoms with van der Waals surface area (Å²) in [6.45, 7) is 0. The first-order chi connectivity index (χ1) is 8.40. The van der Waals surface area contributed by atoms with Gasteiger partial charge < -0.3 is 18.6 Å². The fourth-order valence-electron chi connectivity index (χ4n) is 1.43. The summed E-state index contributed by atoms with van der Waals surface area (Å²) in [4.78, 5) is 23.1. The van der Waals surface area contributed by atoms with Crippen molar-refractivity contribution >= 4 is 34.3 Å². The van der Waals surface area contributed by atoms with Crippen molar-refractivity contribution in [2.75, 3.05) is 24.0 Å². The molecule has 0 N–H and O–H groups in total. The number of hydrogen-bond acceptors (Lipinski definition) is 6. The second-order valence-corrected chi connectivity index (χ2v) is 7.09. The van der Waals surface area contributed by atoms with Crippen LogP contribution in [0, 0.1) is 0 Å². The summed E-state index contributed by atoms with van der Waals surface area (Å²) >= 11 is -2.10. The van der Waals surface area contributed by atoms with Crippen molar-refractivity contribution in [1.82, 2.24) is 0 Å². The molecule has 4 atom stereocenters. The SMILES string of the molecule is C[S+]([O-])CC[C@@H]1OC(=O)[C@@H](CC[S+](C)[O-])OC1=O. The summed E-state index contributed by atoms with van der Waals surface area (Å²) in [5, 5.41) is 0. The van der Waals surface area contributed by atoms with Crippen LogP contribution in [0.25, 0.3) is 0 Å². The van der Waals surface area contributed by atoms with Gasteiger partial charge in [0, 0.05) is 12.8 Å². The van der Waals surface area contributed by atoms with Crippen LogP contribution in [0.5, 0.6) is 0 Å². The predicted molar refractivity (Wildman–Crippen MR) is 66.9 cm³/mol. The Bertz CT molecular complexity index is 277. The zero-order valence-electron chi connectivity index (χ0n) is 10.2. The number of cyclic esters (lactones) is 2. The van der Waals surface area contributed by atoms with E-state index < -0.39 is 46.5 Å². The summed E-state index contributed by atoms with van der Waals surface area (Å²) in [7, 11) is 0. The lowest BCUT2D eigenvalue weighted by Crippen LogP contribution is -2.45. The van der Waals surface area contributed by atoms with Gasteiger partial charge in [0.25, 0.3) is 0 Å². The largest absolute Gasteiger partial charge is 0.617 e. The smallest absolute Gasteiger partial charge is 0.348 e. The van der Waals surface area contributed by atoms with E-state index >= 15 is 0 Å². The van der Waals surface area contributed by atoms with Crippen molar-refractivity contribution in [3.05, 3.63) is 0 Å². The summed E-state index contributed by atoms with van der Waals surface area (Å²) in [6.07, 6.45) is 1.47. The molecule has 8 heteroatoms. The number of ether oxygens (including phenoxy) is 2. The van der Waals surface area contributed by atoms with E-state index in [0.29, 0.717) is 0 Å². The minimum atomic E-state index is -1.05. The van der Waals surface area contributed by atoms with Crippen LogP contribution in [-0.4, -0.2) is 57.3 Å². The molecule has 0 saturated carbocycles. The Morgan fingerprint density at radius 3 is 1.56 bits per heavy atom. The first-order valence-electron chi connectivity index (χ1n) is 5.41. The van der Waals surface area contributed by atoms with Crippen LogP contribution in [-0.2, 0) is 41.4 Å². The molecular weight excluding hydrogens is 280 g/mol. The zero-order chi connectivity index (χ0) is 13.7. The highest BCUT2D eigenvalue weighted by molar-refractivity contribution is 7.90. The van der Waals surface area contributed by atoms with Crippen molar-refractivity contribution in [1.29, 1.82) is 0 Å². The lowest BCUT2D eigenvalue weighted by Gasteiger charge is -2.27. The number of hydrogen-bond donors (Lipinski definition) is 0. The molecule has 0 amide bonds. The minimum Gasteiger partial charge on any atom is -0.617 e. The molecule has 2 unspecified atom stereocenters. The molecule has 0 aromatic carbocycles. The van der Waals surface area contributed by atoms with Crippen LogP contribution >= 0.6 is 0 Å². The molecule has 6 nitrogen and oxygen atoms in total. The van der Waals surface area contributed by atoms with Crippen molar-refractivity contribution in [2.45, 2.75) is 25.0 Å². The van der Waals surface area contributed by atoms with Crippen LogP contribution in [0.4, 0.5) is 0 Å². The molecule has 0 bridgehead atoms. The molecule has 104 valence electrons. The Labute approximate surface area is 112 Å². The molecule has 1 fully saturated rings. The summed E-state index contributed by atoms with van der Waals surface area (Å²) in [5.41, 5.74) is 0. The van der Waals surface area contributed by atoms with Gasteiger partial charge in [-0.3, -0.25) is 0 Å². The van der Waals surface area contributed by atoms with Crippen LogP contribution in [0.2, 0.25) is 0 Å². The van der Waals surface area contributed by atoms with Crippen LogP contribution < -0.4 is 0 Å². The molecule has 0 radical (unpaired) electrons. The number of carbonyl (C=O) groups is 2. The van der Waals surface area contributed by atoms with E-state index in [1.165, 1.54) is 12.5 Å². The first kappa shape index (κ1) is 15.6. The average molecular weight is 296 g/mol. The van der Waals surface area contributed by atoms with Gasteiger partial charge in [0.05, 0.1) is 12.5 Å². The highest BCUT2D eigenvalue weighted by Gasteiger charge is 2.38. The number of esters is 2. The maximum absolute atomic E-state index is 11.5. The van der Waals surface area contributed by atoms with Crippen molar-refractivity contribution < 1.29 is 28.2 Å². The third-order valence-electron chi connectivity index (χ3n) is 2.38. The third kappa shape index (κ3) is 5.05. The van der Waals surface area contributed by atoms with E-state index in [0.717, 1.165) is 0 Å². The van der Waals surface area contributed by atoms with Gasteiger partial charge in [0.2, 0.25) is 12.2 Å². The summed E-state index contributed by atoms with van der Waals surface area (Å²) < 4.78 is 31.7. The van der Waals surface area contributed by atoms with Gasteiger partial charge >= 0.3 is 11.9 Å². The van der Waals surface area contributed by atoms with Crippen molar-refractivity contribution in [3.63, 3.8) is 0 Å². The Hall–Kier alpha value is -0.440. The van der Waals surface area contributed by atoms with E-state index in [9.17, 15) is 18.7 Å². The Morgan fingerprint density at radius 2 is 1.28 bits per heavy atom. The molecule has 0 aromatic rings. The topological polar surface area (TPSA) is 98.7 Å². The lowest BCUT2D eigenvalue weighted by molar-refractivity contribution is -0.195. The fraction of sp³-hybridized carbons (Fsp3) is 0.800. The minimum absolute atomic E-state index is 0.195. The number of rotatable bonds is 6. The molecule has 1 heterocycles. The third-order valence-corrected chi connectivity index (χ3v) is 4.00. The highest BCUT2D eigenvalue weighted by Crippen LogP contribution is 2.16. The maximum atomic E-state index is 11.5. The molecule has 1 aliphatic heterocycles.